The quantitative estimate of drug-likeness (QED) is 0.580. The summed E-state index contributed by atoms with van der Waals surface area (Å²) in [5, 5.41) is 4.25. The van der Waals surface area contributed by atoms with Gasteiger partial charge in [0.1, 0.15) is 12.2 Å². The van der Waals surface area contributed by atoms with Crippen LogP contribution in [0.5, 0.6) is 0 Å². The number of hydrogen-bond donors (Lipinski definition) is 0. The van der Waals surface area contributed by atoms with E-state index in [0.29, 0.717) is 29.6 Å². The van der Waals surface area contributed by atoms with E-state index in [4.69, 9.17) is 0 Å². The predicted molar refractivity (Wildman–Crippen MR) is 105 cm³/mol. The molecule has 0 N–H and O–H groups in total. The van der Waals surface area contributed by atoms with Crippen molar-refractivity contribution in [2.75, 3.05) is 7.05 Å². The van der Waals surface area contributed by atoms with Gasteiger partial charge in [0.05, 0.1) is 11.2 Å². The fraction of sp³-hybridized carbons (Fsp3) is 0.333. The summed E-state index contributed by atoms with van der Waals surface area (Å²) in [4.78, 5) is 31.5. The molecule has 0 spiro atoms. The lowest BCUT2D eigenvalue weighted by atomic mass is 9.93. The minimum Gasteiger partial charge on any atom is -0.318 e. The third kappa shape index (κ3) is 2.91. The zero-order valence-corrected chi connectivity index (χ0v) is 16.2. The van der Waals surface area contributed by atoms with Crippen LogP contribution < -0.4 is 0 Å². The smallest absolute Gasteiger partial charge is 0.240 e. The van der Waals surface area contributed by atoms with Crippen LogP contribution in [0.1, 0.15) is 54.2 Å². The van der Waals surface area contributed by atoms with Crippen molar-refractivity contribution < 1.29 is 9.59 Å². The summed E-state index contributed by atoms with van der Waals surface area (Å²) in [6.45, 7) is 9.59. The third-order valence-electron chi connectivity index (χ3n) is 5.14. The van der Waals surface area contributed by atoms with Crippen LogP contribution in [0.15, 0.2) is 48.6 Å². The molecule has 0 fully saturated rings. The van der Waals surface area contributed by atoms with Gasteiger partial charge in [-0.1, -0.05) is 31.7 Å². The van der Waals surface area contributed by atoms with Gasteiger partial charge in [-0.15, -0.1) is 0 Å². The van der Waals surface area contributed by atoms with Crippen LogP contribution in [0.4, 0.5) is 0 Å². The molecule has 1 unspecified atom stereocenters. The Morgan fingerprint density at radius 2 is 2.15 bits per heavy atom. The average Bonchev–Trinajstić information content (AvgIpc) is 3.14. The number of nitrogens with zero attached hydrogens (tertiary/aromatic N) is 4. The van der Waals surface area contributed by atoms with Crippen LogP contribution in [0.25, 0.3) is 5.52 Å². The topological polar surface area (TPSA) is 67.6 Å². The number of rotatable bonds is 6. The lowest BCUT2D eigenvalue weighted by molar-refractivity contribution is -0.127. The third-order valence-corrected chi connectivity index (χ3v) is 5.14. The molecule has 140 valence electrons. The molecule has 1 amide bonds. The molecule has 3 heterocycles. The molecule has 2 aromatic rings. The number of carbonyl (C=O) groups is 2. The summed E-state index contributed by atoms with van der Waals surface area (Å²) >= 11 is 0. The van der Waals surface area contributed by atoms with Crippen LogP contribution in [-0.2, 0) is 4.79 Å². The van der Waals surface area contributed by atoms with Crippen molar-refractivity contribution in [3.05, 3.63) is 65.4 Å². The molecule has 0 saturated carbocycles. The van der Waals surface area contributed by atoms with Gasteiger partial charge in [0.2, 0.25) is 5.91 Å². The second-order valence-corrected chi connectivity index (χ2v) is 6.59. The fourth-order valence-corrected chi connectivity index (χ4v) is 3.68. The highest BCUT2D eigenvalue weighted by molar-refractivity contribution is 6.00. The standard InChI is InChI=1S/C21H24N4O2/c1-6-9-10-16-14(7-2)18(21(27)24(16)5)19-20-13(4)15(17(26)8-3)11-25(20)23-12-22-19/h6-7,9,11-12,18H,2,8,10H2,1,3-5H3/b9-6-. The predicted octanol–water partition coefficient (Wildman–Crippen LogP) is 3.59. The van der Waals surface area contributed by atoms with Crippen molar-refractivity contribution in [1.29, 1.82) is 0 Å². The number of carbonyl (C=O) groups excluding carboxylic acids is 2. The molecule has 0 saturated heterocycles. The molecule has 3 rings (SSSR count). The zero-order valence-electron chi connectivity index (χ0n) is 16.2. The van der Waals surface area contributed by atoms with Crippen molar-refractivity contribution in [2.45, 2.75) is 39.5 Å². The molecule has 0 bridgehead atoms. The lowest BCUT2D eigenvalue weighted by Crippen LogP contribution is -2.24. The Morgan fingerprint density at radius 1 is 1.41 bits per heavy atom. The van der Waals surface area contributed by atoms with E-state index < -0.39 is 5.92 Å². The maximum atomic E-state index is 13.1. The van der Waals surface area contributed by atoms with E-state index in [1.165, 1.54) is 6.33 Å². The summed E-state index contributed by atoms with van der Waals surface area (Å²) in [6, 6.07) is 0. The van der Waals surface area contributed by atoms with E-state index >= 15 is 0 Å². The van der Waals surface area contributed by atoms with Crippen LogP contribution in [0.2, 0.25) is 0 Å². The molecule has 6 heteroatoms. The molecule has 0 aromatic carbocycles. The van der Waals surface area contributed by atoms with Crippen LogP contribution in [-0.4, -0.2) is 38.2 Å². The van der Waals surface area contributed by atoms with Crippen LogP contribution in [0.3, 0.4) is 0 Å². The van der Waals surface area contributed by atoms with Crippen molar-refractivity contribution in [1.82, 2.24) is 19.5 Å². The molecule has 1 atom stereocenters. The Labute approximate surface area is 158 Å². The Hall–Kier alpha value is -3.02. The first-order chi connectivity index (χ1) is 13.0. The number of Topliss-reactive ketones (excluding diaryl/α,β-unsaturated/α-hetero) is 1. The summed E-state index contributed by atoms with van der Waals surface area (Å²) in [5.41, 5.74) is 4.52. The van der Waals surface area contributed by atoms with E-state index in [9.17, 15) is 9.59 Å². The molecular weight excluding hydrogens is 340 g/mol. The number of amides is 1. The van der Waals surface area contributed by atoms with Crippen LogP contribution in [0, 0.1) is 6.92 Å². The SMILES string of the molecule is C=CC1=C(C/C=C\C)N(C)C(=O)C1c1ncnn2cc(C(=O)CC)c(C)c12. The number of fused-ring (bicyclic) bond motifs is 1. The molecular formula is C21H24N4O2. The van der Waals surface area contributed by atoms with Gasteiger partial charge in [0, 0.05) is 37.3 Å². The molecule has 6 nitrogen and oxygen atoms in total. The monoisotopic (exact) mass is 364 g/mol. The minimum absolute atomic E-state index is 0.0472. The largest absolute Gasteiger partial charge is 0.318 e. The van der Waals surface area contributed by atoms with Crippen molar-refractivity contribution in [3.63, 3.8) is 0 Å². The lowest BCUT2D eigenvalue weighted by Gasteiger charge is -2.14. The Kier molecular flexibility index (Phi) is 5.08. The first-order valence-corrected chi connectivity index (χ1v) is 9.06. The maximum absolute atomic E-state index is 13.1. The van der Waals surface area contributed by atoms with E-state index in [0.717, 1.165) is 16.8 Å². The molecule has 27 heavy (non-hydrogen) atoms. The summed E-state index contributed by atoms with van der Waals surface area (Å²) in [6.07, 6.45) is 9.93. The van der Waals surface area contributed by atoms with Gasteiger partial charge >= 0.3 is 0 Å². The first kappa shape index (κ1) is 18.8. The van der Waals surface area contributed by atoms with E-state index in [1.54, 1.807) is 28.7 Å². The van der Waals surface area contributed by atoms with E-state index in [-0.39, 0.29) is 11.7 Å². The van der Waals surface area contributed by atoms with Gasteiger partial charge in [-0.25, -0.2) is 9.50 Å². The van der Waals surface area contributed by atoms with Gasteiger partial charge in [0.25, 0.3) is 0 Å². The summed E-state index contributed by atoms with van der Waals surface area (Å²) in [5.74, 6) is -0.544. The normalized spacial score (nSPS) is 17.6. The Bertz CT molecular complexity index is 997. The van der Waals surface area contributed by atoms with Crippen molar-refractivity contribution in [2.24, 2.45) is 0 Å². The highest BCUT2D eigenvalue weighted by Crippen LogP contribution is 2.40. The summed E-state index contributed by atoms with van der Waals surface area (Å²) in [7, 11) is 1.78. The molecule has 0 aliphatic carbocycles. The number of likely N-dealkylation sites (N-methyl/N-ethyl adjacent to an activating group) is 1. The zero-order chi connectivity index (χ0) is 19.7. The van der Waals surface area contributed by atoms with Gasteiger partial charge in [0.15, 0.2) is 5.78 Å². The number of aromatic nitrogens is 3. The van der Waals surface area contributed by atoms with Crippen LogP contribution >= 0.6 is 0 Å². The first-order valence-electron chi connectivity index (χ1n) is 9.06. The summed E-state index contributed by atoms with van der Waals surface area (Å²) < 4.78 is 1.65. The maximum Gasteiger partial charge on any atom is 0.240 e. The average molecular weight is 364 g/mol. The molecule has 2 aromatic heterocycles. The van der Waals surface area contributed by atoms with Gasteiger partial charge in [-0.3, -0.25) is 9.59 Å². The highest BCUT2D eigenvalue weighted by Gasteiger charge is 2.39. The second kappa shape index (κ2) is 7.31. The molecule has 0 radical (unpaired) electrons. The van der Waals surface area contributed by atoms with Gasteiger partial charge in [-0.05, 0) is 25.0 Å². The van der Waals surface area contributed by atoms with Gasteiger partial charge < -0.3 is 4.90 Å². The number of hydrogen-bond acceptors (Lipinski definition) is 4. The van der Waals surface area contributed by atoms with Crippen molar-refractivity contribution in [3.8, 4) is 0 Å². The number of aryl methyl sites for hydroxylation is 1. The van der Waals surface area contributed by atoms with Crippen molar-refractivity contribution >= 4 is 17.2 Å². The molecule has 1 aliphatic rings. The van der Waals surface area contributed by atoms with E-state index in [1.807, 2.05) is 32.9 Å². The fourth-order valence-electron chi connectivity index (χ4n) is 3.68. The Morgan fingerprint density at radius 3 is 2.78 bits per heavy atom. The van der Waals surface area contributed by atoms with Gasteiger partial charge in [-0.2, -0.15) is 5.10 Å². The number of ketones is 1. The molecule has 1 aliphatic heterocycles. The second-order valence-electron chi connectivity index (χ2n) is 6.59. The number of allylic oxidation sites excluding steroid dienone is 3. The Balaban J connectivity index is 2.23. The van der Waals surface area contributed by atoms with E-state index in [2.05, 4.69) is 16.7 Å². The minimum atomic E-state index is -0.545. The highest BCUT2D eigenvalue weighted by atomic mass is 16.2.